The van der Waals surface area contributed by atoms with Gasteiger partial charge in [0.25, 0.3) is 5.91 Å². The molecular formula is C16H19NO3S. The Balaban J connectivity index is 1.85. The van der Waals surface area contributed by atoms with Crippen molar-refractivity contribution in [3.05, 3.63) is 34.9 Å². The lowest BCUT2D eigenvalue weighted by molar-refractivity contribution is -0.141. The number of hydrogen-bond acceptors (Lipinski definition) is 3. The van der Waals surface area contributed by atoms with Gasteiger partial charge in [-0.15, -0.1) is 0 Å². The molecule has 0 bridgehead atoms. The van der Waals surface area contributed by atoms with Crippen LogP contribution in [0.1, 0.15) is 34.3 Å². The van der Waals surface area contributed by atoms with E-state index in [1.807, 2.05) is 18.2 Å². The molecule has 1 atom stereocenters. The van der Waals surface area contributed by atoms with Crippen molar-refractivity contribution in [1.29, 1.82) is 0 Å². The fourth-order valence-electron chi connectivity index (χ4n) is 3.08. The monoisotopic (exact) mass is 305 g/mol. The van der Waals surface area contributed by atoms with Crippen LogP contribution in [-0.4, -0.2) is 46.0 Å². The smallest absolute Gasteiger partial charge is 0.327 e. The van der Waals surface area contributed by atoms with Crippen LogP contribution in [0.15, 0.2) is 18.2 Å². The highest BCUT2D eigenvalue weighted by Gasteiger charge is 2.33. The molecule has 4 nitrogen and oxygen atoms in total. The average Bonchev–Trinajstić information content (AvgIpc) is 2.53. The molecular weight excluding hydrogens is 286 g/mol. The predicted octanol–water partition coefficient (Wildman–Crippen LogP) is 2.21. The second-order valence-electron chi connectivity index (χ2n) is 5.62. The maximum Gasteiger partial charge on any atom is 0.327 e. The normalized spacial score (nSPS) is 21.7. The molecule has 0 radical (unpaired) electrons. The van der Waals surface area contributed by atoms with Crippen molar-refractivity contribution >= 4 is 23.6 Å². The first-order valence-corrected chi connectivity index (χ1v) is 8.55. The zero-order valence-corrected chi connectivity index (χ0v) is 12.7. The molecule has 2 aliphatic rings. The highest BCUT2D eigenvalue weighted by molar-refractivity contribution is 7.99. The number of carbonyl (C=O) groups is 2. The Kier molecular flexibility index (Phi) is 4.19. The molecule has 1 fully saturated rings. The van der Waals surface area contributed by atoms with Gasteiger partial charge in [-0.25, -0.2) is 4.79 Å². The van der Waals surface area contributed by atoms with Crippen LogP contribution < -0.4 is 0 Å². The van der Waals surface area contributed by atoms with Crippen LogP contribution in [0.3, 0.4) is 0 Å². The Hall–Kier alpha value is -1.49. The number of thioether (sulfide) groups is 1. The summed E-state index contributed by atoms with van der Waals surface area (Å²) < 4.78 is 0. The number of carboxylic acids is 1. The summed E-state index contributed by atoms with van der Waals surface area (Å²) >= 11 is 1.60. The topological polar surface area (TPSA) is 57.6 Å². The molecule has 1 aromatic rings. The maximum atomic E-state index is 12.7. The van der Waals surface area contributed by atoms with E-state index in [1.165, 1.54) is 28.9 Å². The van der Waals surface area contributed by atoms with Crippen LogP contribution in [-0.2, 0) is 17.6 Å². The van der Waals surface area contributed by atoms with Crippen LogP contribution >= 0.6 is 11.8 Å². The molecule has 1 N–H and O–H groups in total. The summed E-state index contributed by atoms with van der Waals surface area (Å²) in [6.45, 7) is 0.511. The summed E-state index contributed by atoms with van der Waals surface area (Å²) in [6, 6.07) is 5.16. The second-order valence-corrected chi connectivity index (χ2v) is 6.77. The molecule has 5 heteroatoms. The van der Waals surface area contributed by atoms with Gasteiger partial charge < -0.3 is 10.0 Å². The SMILES string of the molecule is O=C(O)C1CSCCN1C(=O)c1ccc2c(c1)CCCC2. The minimum atomic E-state index is -0.909. The fourth-order valence-corrected chi connectivity index (χ4v) is 4.12. The number of carboxylic acid groups (broad SMARTS) is 1. The van der Waals surface area contributed by atoms with Crippen LogP contribution in [0.4, 0.5) is 0 Å². The largest absolute Gasteiger partial charge is 0.480 e. The number of aryl methyl sites for hydroxylation is 2. The Bertz CT molecular complexity index is 573. The number of carbonyl (C=O) groups excluding carboxylic acids is 1. The lowest BCUT2D eigenvalue weighted by Crippen LogP contribution is -2.50. The van der Waals surface area contributed by atoms with E-state index >= 15 is 0 Å². The van der Waals surface area contributed by atoms with Gasteiger partial charge in [-0.05, 0) is 48.9 Å². The zero-order valence-electron chi connectivity index (χ0n) is 11.9. The molecule has 1 heterocycles. The van der Waals surface area contributed by atoms with Gasteiger partial charge in [0.05, 0.1) is 0 Å². The third kappa shape index (κ3) is 2.93. The Morgan fingerprint density at radius 2 is 1.95 bits per heavy atom. The van der Waals surface area contributed by atoms with Gasteiger partial charge in [0.2, 0.25) is 0 Å². The molecule has 21 heavy (non-hydrogen) atoms. The fraction of sp³-hybridized carbons (Fsp3) is 0.500. The van der Waals surface area contributed by atoms with E-state index in [2.05, 4.69) is 0 Å². The third-order valence-electron chi connectivity index (χ3n) is 4.27. The van der Waals surface area contributed by atoms with Crippen molar-refractivity contribution in [2.75, 3.05) is 18.1 Å². The molecule has 3 rings (SSSR count). The standard InChI is InChI=1S/C16H19NO3S/c18-15(17-7-8-21-10-14(17)16(19)20)13-6-5-11-3-1-2-4-12(11)9-13/h5-6,9,14H,1-4,7-8,10H2,(H,19,20). The van der Waals surface area contributed by atoms with Crippen molar-refractivity contribution in [2.24, 2.45) is 0 Å². The van der Waals surface area contributed by atoms with Gasteiger partial charge in [0.1, 0.15) is 6.04 Å². The van der Waals surface area contributed by atoms with E-state index in [4.69, 9.17) is 0 Å². The van der Waals surface area contributed by atoms with Crippen molar-refractivity contribution in [3.63, 3.8) is 0 Å². The minimum absolute atomic E-state index is 0.143. The molecule has 0 saturated carbocycles. The Labute approximate surface area is 128 Å². The number of fused-ring (bicyclic) bond motifs is 1. The summed E-state index contributed by atoms with van der Waals surface area (Å²) in [5.74, 6) is 0.233. The summed E-state index contributed by atoms with van der Waals surface area (Å²) in [4.78, 5) is 25.5. The number of rotatable bonds is 2. The second kappa shape index (κ2) is 6.10. The van der Waals surface area contributed by atoms with Crippen LogP contribution in [0.5, 0.6) is 0 Å². The number of benzene rings is 1. The number of nitrogens with zero attached hydrogens (tertiary/aromatic N) is 1. The molecule has 112 valence electrons. The lowest BCUT2D eigenvalue weighted by atomic mass is 9.90. The summed E-state index contributed by atoms with van der Waals surface area (Å²) in [7, 11) is 0. The van der Waals surface area contributed by atoms with Gasteiger partial charge in [-0.3, -0.25) is 4.79 Å². The zero-order chi connectivity index (χ0) is 14.8. The van der Waals surface area contributed by atoms with Crippen molar-refractivity contribution < 1.29 is 14.7 Å². The minimum Gasteiger partial charge on any atom is -0.480 e. The number of amides is 1. The summed E-state index contributed by atoms with van der Waals surface area (Å²) in [5.41, 5.74) is 3.22. The van der Waals surface area contributed by atoms with E-state index < -0.39 is 12.0 Å². The van der Waals surface area contributed by atoms with Gasteiger partial charge in [-0.1, -0.05) is 6.07 Å². The molecule has 1 saturated heterocycles. The first kappa shape index (κ1) is 14.4. The molecule has 1 aromatic carbocycles. The highest BCUT2D eigenvalue weighted by Crippen LogP contribution is 2.24. The van der Waals surface area contributed by atoms with E-state index in [9.17, 15) is 14.7 Å². The van der Waals surface area contributed by atoms with E-state index in [0.29, 0.717) is 17.9 Å². The van der Waals surface area contributed by atoms with Crippen molar-refractivity contribution in [1.82, 2.24) is 4.90 Å². The molecule has 1 aliphatic heterocycles. The quantitative estimate of drug-likeness (QED) is 0.910. The molecule has 1 unspecified atom stereocenters. The first-order valence-electron chi connectivity index (χ1n) is 7.40. The molecule has 0 aromatic heterocycles. The van der Waals surface area contributed by atoms with Gasteiger partial charge in [0.15, 0.2) is 0 Å². The van der Waals surface area contributed by atoms with Crippen LogP contribution in [0, 0.1) is 0 Å². The van der Waals surface area contributed by atoms with E-state index in [0.717, 1.165) is 18.6 Å². The molecule has 0 spiro atoms. The van der Waals surface area contributed by atoms with Gasteiger partial charge in [-0.2, -0.15) is 11.8 Å². The Morgan fingerprint density at radius 1 is 1.19 bits per heavy atom. The Morgan fingerprint density at radius 3 is 2.71 bits per heavy atom. The molecule has 1 amide bonds. The van der Waals surface area contributed by atoms with Crippen LogP contribution in [0.2, 0.25) is 0 Å². The molecule has 1 aliphatic carbocycles. The van der Waals surface area contributed by atoms with Gasteiger partial charge in [0, 0.05) is 23.6 Å². The predicted molar refractivity (Wildman–Crippen MR) is 82.9 cm³/mol. The average molecular weight is 305 g/mol. The first-order chi connectivity index (χ1) is 10.2. The lowest BCUT2D eigenvalue weighted by Gasteiger charge is -2.33. The van der Waals surface area contributed by atoms with E-state index in [1.54, 1.807) is 11.8 Å². The highest BCUT2D eigenvalue weighted by atomic mass is 32.2. The summed E-state index contributed by atoms with van der Waals surface area (Å²) in [6.07, 6.45) is 4.49. The van der Waals surface area contributed by atoms with Crippen molar-refractivity contribution in [2.45, 2.75) is 31.7 Å². The summed E-state index contributed by atoms with van der Waals surface area (Å²) in [5, 5.41) is 9.29. The van der Waals surface area contributed by atoms with Crippen LogP contribution in [0.25, 0.3) is 0 Å². The van der Waals surface area contributed by atoms with Crippen molar-refractivity contribution in [3.8, 4) is 0 Å². The maximum absolute atomic E-state index is 12.7. The number of aliphatic carboxylic acids is 1. The van der Waals surface area contributed by atoms with Gasteiger partial charge >= 0.3 is 5.97 Å². The number of hydrogen-bond donors (Lipinski definition) is 1. The van der Waals surface area contributed by atoms with E-state index in [-0.39, 0.29) is 5.91 Å². The third-order valence-corrected chi connectivity index (χ3v) is 5.29.